The van der Waals surface area contributed by atoms with E-state index < -0.39 is 5.97 Å². The van der Waals surface area contributed by atoms with E-state index >= 15 is 0 Å². The quantitative estimate of drug-likeness (QED) is 0.853. The lowest BCUT2D eigenvalue weighted by Crippen LogP contribution is -2.12. The molecular formula is C16H16N2O3. The van der Waals surface area contributed by atoms with Gasteiger partial charge in [-0.25, -0.2) is 0 Å². The molecule has 5 nitrogen and oxygen atoms in total. The molecule has 108 valence electrons. The van der Waals surface area contributed by atoms with Gasteiger partial charge in [-0.15, -0.1) is 0 Å². The van der Waals surface area contributed by atoms with E-state index in [1.54, 1.807) is 36.7 Å². The summed E-state index contributed by atoms with van der Waals surface area (Å²) < 4.78 is 0. The summed E-state index contributed by atoms with van der Waals surface area (Å²) >= 11 is 0. The summed E-state index contributed by atoms with van der Waals surface area (Å²) in [5.41, 5.74) is 2.39. The third-order valence-corrected chi connectivity index (χ3v) is 2.96. The molecule has 0 unspecified atom stereocenters. The zero-order valence-electron chi connectivity index (χ0n) is 11.5. The average Bonchev–Trinajstić information content (AvgIpc) is 2.48. The number of amides is 1. The van der Waals surface area contributed by atoms with Crippen LogP contribution in [0.4, 0.5) is 5.69 Å². The van der Waals surface area contributed by atoms with Crippen LogP contribution in [0.1, 0.15) is 17.5 Å². The van der Waals surface area contributed by atoms with Crippen molar-refractivity contribution >= 4 is 17.6 Å². The summed E-state index contributed by atoms with van der Waals surface area (Å²) in [6.07, 6.45) is 4.44. The lowest BCUT2D eigenvalue weighted by Gasteiger charge is -2.06. The van der Waals surface area contributed by atoms with Crippen LogP contribution in [0, 0.1) is 0 Å². The summed E-state index contributed by atoms with van der Waals surface area (Å²) in [4.78, 5) is 26.4. The van der Waals surface area contributed by atoms with Crippen molar-refractivity contribution in [3.05, 3.63) is 59.9 Å². The molecule has 0 atom stereocenters. The Morgan fingerprint density at radius 2 is 1.86 bits per heavy atom. The number of aromatic nitrogens is 1. The van der Waals surface area contributed by atoms with E-state index in [1.807, 2.05) is 12.1 Å². The third kappa shape index (κ3) is 5.06. The first-order valence-corrected chi connectivity index (χ1v) is 6.63. The number of aryl methyl sites for hydroxylation is 1. The van der Waals surface area contributed by atoms with E-state index in [4.69, 9.17) is 5.11 Å². The van der Waals surface area contributed by atoms with Gasteiger partial charge in [-0.2, -0.15) is 0 Å². The van der Waals surface area contributed by atoms with Gasteiger partial charge >= 0.3 is 5.97 Å². The van der Waals surface area contributed by atoms with Crippen molar-refractivity contribution in [3.63, 3.8) is 0 Å². The minimum Gasteiger partial charge on any atom is -0.481 e. The van der Waals surface area contributed by atoms with E-state index in [0.717, 1.165) is 5.56 Å². The number of benzene rings is 1. The van der Waals surface area contributed by atoms with Crippen molar-refractivity contribution < 1.29 is 14.7 Å². The van der Waals surface area contributed by atoms with Gasteiger partial charge in [0, 0.05) is 24.5 Å². The summed E-state index contributed by atoms with van der Waals surface area (Å²) in [6, 6.07) is 10.6. The van der Waals surface area contributed by atoms with Crippen molar-refractivity contribution in [2.45, 2.75) is 19.3 Å². The Labute approximate surface area is 122 Å². The number of carboxylic acids is 1. The predicted molar refractivity (Wildman–Crippen MR) is 79.0 cm³/mol. The van der Waals surface area contributed by atoms with E-state index in [2.05, 4.69) is 10.3 Å². The minimum atomic E-state index is -0.872. The van der Waals surface area contributed by atoms with Gasteiger partial charge in [0.1, 0.15) is 0 Å². The highest BCUT2D eigenvalue weighted by Crippen LogP contribution is 2.11. The number of hydrogen-bond acceptors (Lipinski definition) is 3. The van der Waals surface area contributed by atoms with Crippen molar-refractivity contribution in [1.82, 2.24) is 4.98 Å². The molecule has 0 aliphatic heterocycles. The van der Waals surface area contributed by atoms with Gasteiger partial charge in [0.15, 0.2) is 0 Å². The molecule has 2 rings (SSSR count). The topological polar surface area (TPSA) is 79.3 Å². The number of pyridine rings is 1. The molecule has 0 saturated heterocycles. The fourth-order valence-corrected chi connectivity index (χ4v) is 1.91. The third-order valence-electron chi connectivity index (χ3n) is 2.96. The highest BCUT2D eigenvalue weighted by Gasteiger charge is 2.04. The van der Waals surface area contributed by atoms with Crippen LogP contribution < -0.4 is 5.32 Å². The molecule has 1 aromatic heterocycles. The van der Waals surface area contributed by atoms with E-state index in [1.165, 1.54) is 0 Å². The number of nitrogens with zero attached hydrogens (tertiary/aromatic N) is 1. The Hall–Kier alpha value is -2.69. The molecule has 2 N–H and O–H groups in total. The van der Waals surface area contributed by atoms with E-state index in [-0.39, 0.29) is 12.3 Å². The standard InChI is InChI=1S/C16H16N2O3/c19-15(8-5-13-2-1-9-17-11-13)18-14-6-3-12(4-7-14)10-16(20)21/h1-4,6-7,9,11H,5,8,10H2,(H,18,19)(H,20,21). The van der Waals surface area contributed by atoms with Gasteiger partial charge < -0.3 is 10.4 Å². The second-order valence-electron chi connectivity index (χ2n) is 4.68. The van der Waals surface area contributed by atoms with Crippen LogP contribution in [0.25, 0.3) is 0 Å². The number of aliphatic carboxylic acids is 1. The summed E-state index contributed by atoms with van der Waals surface area (Å²) in [5.74, 6) is -0.951. The first-order valence-electron chi connectivity index (χ1n) is 6.63. The maximum Gasteiger partial charge on any atom is 0.307 e. The predicted octanol–water partition coefficient (Wildman–Crippen LogP) is 2.28. The van der Waals surface area contributed by atoms with Gasteiger partial charge in [-0.05, 0) is 35.7 Å². The van der Waals surface area contributed by atoms with Gasteiger partial charge in [-0.1, -0.05) is 18.2 Å². The number of carboxylic acid groups (broad SMARTS) is 1. The van der Waals surface area contributed by atoms with E-state index in [9.17, 15) is 9.59 Å². The molecule has 1 heterocycles. The van der Waals surface area contributed by atoms with Crippen molar-refractivity contribution in [2.75, 3.05) is 5.32 Å². The van der Waals surface area contributed by atoms with Crippen LogP contribution in [0.5, 0.6) is 0 Å². The Balaban J connectivity index is 1.83. The van der Waals surface area contributed by atoms with E-state index in [0.29, 0.717) is 24.1 Å². The molecule has 0 fully saturated rings. The van der Waals surface area contributed by atoms with Crippen LogP contribution in [0.2, 0.25) is 0 Å². The monoisotopic (exact) mass is 284 g/mol. The van der Waals surface area contributed by atoms with Crippen LogP contribution in [-0.4, -0.2) is 22.0 Å². The van der Waals surface area contributed by atoms with Gasteiger partial charge in [0.2, 0.25) is 5.91 Å². The molecule has 2 aromatic rings. The summed E-state index contributed by atoms with van der Waals surface area (Å²) in [7, 11) is 0. The largest absolute Gasteiger partial charge is 0.481 e. The molecule has 0 spiro atoms. The van der Waals surface area contributed by atoms with Gasteiger partial charge in [0.25, 0.3) is 0 Å². The zero-order valence-corrected chi connectivity index (χ0v) is 11.5. The van der Waals surface area contributed by atoms with Crippen molar-refractivity contribution in [1.29, 1.82) is 0 Å². The van der Waals surface area contributed by atoms with Crippen LogP contribution in [-0.2, 0) is 22.4 Å². The summed E-state index contributed by atoms with van der Waals surface area (Å²) in [6.45, 7) is 0. The number of carbonyl (C=O) groups excluding carboxylic acids is 1. The van der Waals surface area contributed by atoms with Gasteiger partial charge in [-0.3, -0.25) is 14.6 Å². The lowest BCUT2D eigenvalue weighted by atomic mass is 10.1. The molecule has 0 aliphatic rings. The Kier molecular flexibility index (Phi) is 5.04. The maximum absolute atomic E-state index is 11.8. The molecule has 0 saturated carbocycles. The second kappa shape index (κ2) is 7.19. The number of carbonyl (C=O) groups is 2. The first kappa shape index (κ1) is 14.7. The minimum absolute atomic E-state index is 0.0186. The van der Waals surface area contributed by atoms with Gasteiger partial charge in [0.05, 0.1) is 6.42 Å². The molecule has 0 aliphatic carbocycles. The SMILES string of the molecule is O=C(O)Cc1ccc(NC(=O)CCc2cccnc2)cc1. The first-order chi connectivity index (χ1) is 10.1. The Morgan fingerprint density at radius 3 is 2.48 bits per heavy atom. The van der Waals surface area contributed by atoms with Crippen LogP contribution >= 0.6 is 0 Å². The molecule has 5 heteroatoms. The Bertz CT molecular complexity index is 609. The highest BCUT2D eigenvalue weighted by molar-refractivity contribution is 5.90. The molecule has 1 amide bonds. The molecular weight excluding hydrogens is 268 g/mol. The number of nitrogens with one attached hydrogen (secondary N) is 1. The average molecular weight is 284 g/mol. The number of anilines is 1. The van der Waals surface area contributed by atoms with Crippen molar-refractivity contribution in [3.8, 4) is 0 Å². The second-order valence-corrected chi connectivity index (χ2v) is 4.68. The zero-order chi connectivity index (χ0) is 15.1. The molecule has 0 radical (unpaired) electrons. The normalized spacial score (nSPS) is 10.1. The molecule has 0 bridgehead atoms. The summed E-state index contributed by atoms with van der Waals surface area (Å²) in [5, 5.41) is 11.5. The Morgan fingerprint density at radius 1 is 1.10 bits per heavy atom. The van der Waals surface area contributed by atoms with Crippen LogP contribution in [0.15, 0.2) is 48.8 Å². The fourth-order valence-electron chi connectivity index (χ4n) is 1.91. The van der Waals surface area contributed by atoms with Crippen molar-refractivity contribution in [2.24, 2.45) is 0 Å². The lowest BCUT2D eigenvalue weighted by molar-refractivity contribution is -0.136. The number of rotatable bonds is 6. The van der Waals surface area contributed by atoms with Crippen LogP contribution in [0.3, 0.4) is 0 Å². The maximum atomic E-state index is 11.8. The molecule has 1 aromatic carbocycles. The highest BCUT2D eigenvalue weighted by atomic mass is 16.4. The molecule has 21 heavy (non-hydrogen) atoms. The smallest absolute Gasteiger partial charge is 0.307 e. The number of hydrogen-bond donors (Lipinski definition) is 2. The fraction of sp³-hybridized carbons (Fsp3) is 0.188.